The Morgan fingerprint density at radius 2 is 1.55 bits per heavy atom. The first-order valence-corrected chi connectivity index (χ1v) is 9.62. The van der Waals surface area contributed by atoms with Gasteiger partial charge in [0, 0.05) is 39.1 Å². The summed E-state index contributed by atoms with van der Waals surface area (Å²) in [6, 6.07) is 0. The Morgan fingerprint density at radius 1 is 1.05 bits per heavy atom. The highest BCUT2D eigenvalue weighted by Gasteiger charge is 2.31. The van der Waals surface area contributed by atoms with Gasteiger partial charge in [-0.1, -0.05) is 12.8 Å². The van der Waals surface area contributed by atoms with Crippen molar-refractivity contribution in [2.45, 2.75) is 25.7 Å². The van der Waals surface area contributed by atoms with Crippen LogP contribution in [0.5, 0.6) is 0 Å². The molecule has 0 radical (unpaired) electrons. The molecule has 1 aliphatic heterocycles. The summed E-state index contributed by atoms with van der Waals surface area (Å²) in [5, 5.41) is 0. The number of nitrogens with zero attached hydrogens (tertiary/aromatic N) is 3. The number of rotatable bonds is 4. The average molecular weight is 331 g/mol. The van der Waals surface area contributed by atoms with E-state index in [1.165, 1.54) is 7.05 Å². The van der Waals surface area contributed by atoms with Gasteiger partial charge in [-0.15, -0.1) is 0 Å². The Bertz CT molecular complexity index is 520. The molecule has 2 amide bonds. The molecule has 126 valence electrons. The third-order valence-corrected chi connectivity index (χ3v) is 5.83. The predicted molar refractivity (Wildman–Crippen MR) is 82.6 cm³/mol. The zero-order valence-electron chi connectivity index (χ0n) is 13.3. The summed E-state index contributed by atoms with van der Waals surface area (Å²) in [6.07, 6.45) is 5.31. The summed E-state index contributed by atoms with van der Waals surface area (Å²) < 4.78 is 23.7. The van der Waals surface area contributed by atoms with Gasteiger partial charge in [0.25, 0.3) is 0 Å². The second-order valence-corrected chi connectivity index (χ2v) is 8.30. The summed E-state index contributed by atoms with van der Waals surface area (Å²) in [5.74, 6) is 0.178. The maximum Gasteiger partial charge on any atom is 0.238 e. The molecule has 0 bridgehead atoms. The third-order valence-electron chi connectivity index (χ3n) is 4.57. The second-order valence-electron chi connectivity index (χ2n) is 6.21. The van der Waals surface area contributed by atoms with Crippen molar-refractivity contribution in [1.82, 2.24) is 14.1 Å². The summed E-state index contributed by atoms with van der Waals surface area (Å²) in [5.41, 5.74) is 0. The molecule has 2 aliphatic rings. The zero-order valence-corrected chi connectivity index (χ0v) is 14.1. The highest BCUT2D eigenvalue weighted by Crippen LogP contribution is 2.26. The molecule has 0 N–H and O–H groups in total. The lowest BCUT2D eigenvalue weighted by atomic mass is 10.1. The SMILES string of the molecule is CN(CC(=O)N1CCN(C(=O)C2CCCC2)CC1)S(C)(=O)=O. The first-order chi connectivity index (χ1) is 10.3. The summed E-state index contributed by atoms with van der Waals surface area (Å²) >= 11 is 0. The van der Waals surface area contributed by atoms with Crippen LogP contribution in [-0.4, -0.2) is 80.4 Å². The van der Waals surface area contributed by atoms with Crippen LogP contribution in [0.2, 0.25) is 0 Å². The molecule has 1 saturated carbocycles. The van der Waals surface area contributed by atoms with Crippen molar-refractivity contribution in [1.29, 1.82) is 0 Å². The number of piperazine rings is 1. The van der Waals surface area contributed by atoms with Gasteiger partial charge >= 0.3 is 0 Å². The smallest absolute Gasteiger partial charge is 0.238 e. The lowest BCUT2D eigenvalue weighted by Gasteiger charge is -2.36. The van der Waals surface area contributed by atoms with Crippen LogP contribution >= 0.6 is 0 Å². The topological polar surface area (TPSA) is 78.0 Å². The van der Waals surface area contributed by atoms with Crippen LogP contribution in [0.15, 0.2) is 0 Å². The number of amides is 2. The van der Waals surface area contributed by atoms with Crippen molar-refractivity contribution in [2.24, 2.45) is 5.92 Å². The van der Waals surface area contributed by atoms with E-state index >= 15 is 0 Å². The number of hydrogen-bond donors (Lipinski definition) is 0. The van der Waals surface area contributed by atoms with Gasteiger partial charge in [-0.25, -0.2) is 8.42 Å². The fraction of sp³-hybridized carbons (Fsp3) is 0.857. The third kappa shape index (κ3) is 4.19. The number of likely N-dealkylation sites (N-methyl/N-ethyl adjacent to an activating group) is 1. The van der Waals surface area contributed by atoms with Crippen LogP contribution in [-0.2, 0) is 19.6 Å². The number of carbonyl (C=O) groups excluding carboxylic acids is 2. The zero-order chi connectivity index (χ0) is 16.3. The number of sulfonamides is 1. The molecule has 2 rings (SSSR count). The van der Waals surface area contributed by atoms with Gasteiger partial charge in [0.1, 0.15) is 0 Å². The Balaban J connectivity index is 1.81. The molecule has 0 aromatic rings. The van der Waals surface area contributed by atoms with E-state index in [9.17, 15) is 18.0 Å². The molecule has 1 aliphatic carbocycles. The molecule has 0 unspecified atom stereocenters. The normalized spacial score (nSPS) is 20.7. The maximum atomic E-state index is 12.3. The van der Waals surface area contributed by atoms with Crippen molar-refractivity contribution in [3.05, 3.63) is 0 Å². The molecule has 0 aromatic carbocycles. The van der Waals surface area contributed by atoms with E-state index in [4.69, 9.17) is 0 Å². The minimum atomic E-state index is -3.35. The lowest BCUT2D eigenvalue weighted by molar-refractivity contribution is -0.142. The van der Waals surface area contributed by atoms with E-state index in [-0.39, 0.29) is 24.3 Å². The molecule has 1 saturated heterocycles. The van der Waals surface area contributed by atoms with E-state index in [1.807, 2.05) is 4.90 Å². The number of hydrogen-bond acceptors (Lipinski definition) is 4. The molecule has 0 aromatic heterocycles. The molecule has 1 heterocycles. The largest absolute Gasteiger partial charge is 0.339 e. The fourth-order valence-electron chi connectivity index (χ4n) is 3.01. The minimum Gasteiger partial charge on any atom is -0.339 e. The van der Waals surface area contributed by atoms with Crippen LogP contribution in [0.1, 0.15) is 25.7 Å². The Hall–Kier alpha value is -1.15. The van der Waals surface area contributed by atoms with E-state index in [1.54, 1.807) is 4.90 Å². The maximum absolute atomic E-state index is 12.3. The Labute approximate surface area is 132 Å². The van der Waals surface area contributed by atoms with E-state index < -0.39 is 10.0 Å². The Kier molecular flexibility index (Phi) is 5.44. The first-order valence-electron chi connectivity index (χ1n) is 7.77. The summed E-state index contributed by atoms with van der Waals surface area (Å²) in [4.78, 5) is 27.9. The van der Waals surface area contributed by atoms with Crippen molar-refractivity contribution in [2.75, 3.05) is 46.0 Å². The minimum absolute atomic E-state index is 0.143. The quantitative estimate of drug-likeness (QED) is 0.711. The van der Waals surface area contributed by atoms with Gasteiger partial charge in [0.2, 0.25) is 21.8 Å². The average Bonchev–Trinajstić information content (AvgIpc) is 2.99. The molecule has 0 atom stereocenters. The van der Waals surface area contributed by atoms with Crippen LogP contribution in [0.4, 0.5) is 0 Å². The van der Waals surface area contributed by atoms with Gasteiger partial charge in [-0.3, -0.25) is 9.59 Å². The van der Waals surface area contributed by atoms with E-state index in [0.29, 0.717) is 26.2 Å². The van der Waals surface area contributed by atoms with Gasteiger partial charge in [-0.05, 0) is 12.8 Å². The molecule has 2 fully saturated rings. The lowest BCUT2D eigenvalue weighted by Crippen LogP contribution is -2.53. The molecule has 8 heteroatoms. The predicted octanol–water partition coefficient (Wildman–Crippen LogP) is -0.261. The van der Waals surface area contributed by atoms with Crippen LogP contribution in [0.3, 0.4) is 0 Å². The highest BCUT2D eigenvalue weighted by atomic mass is 32.2. The van der Waals surface area contributed by atoms with Gasteiger partial charge < -0.3 is 9.80 Å². The van der Waals surface area contributed by atoms with Crippen LogP contribution < -0.4 is 0 Å². The van der Waals surface area contributed by atoms with Crippen LogP contribution in [0.25, 0.3) is 0 Å². The standard InChI is InChI=1S/C14H25N3O4S/c1-15(22(2,20)21)11-13(18)16-7-9-17(10-8-16)14(19)12-5-3-4-6-12/h12H,3-11H2,1-2H3. The van der Waals surface area contributed by atoms with Crippen molar-refractivity contribution >= 4 is 21.8 Å². The number of carbonyl (C=O) groups is 2. The van der Waals surface area contributed by atoms with Crippen molar-refractivity contribution < 1.29 is 18.0 Å². The van der Waals surface area contributed by atoms with Gasteiger partial charge in [0.15, 0.2) is 0 Å². The fourth-order valence-corrected chi connectivity index (χ4v) is 3.36. The molecular formula is C14H25N3O4S. The van der Waals surface area contributed by atoms with Crippen molar-refractivity contribution in [3.63, 3.8) is 0 Å². The van der Waals surface area contributed by atoms with Crippen molar-refractivity contribution in [3.8, 4) is 0 Å². The first kappa shape index (κ1) is 17.2. The molecule has 7 nitrogen and oxygen atoms in total. The second kappa shape index (κ2) is 6.95. The summed E-state index contributed by atoms with van der Waals surface area (Å²) in [6.45, 7) is 1.91. The van der Waals surface area contributed by atoms with E-state index in [2.05, 4.69) is 0 Å². The molecule has 22 heavy (non-hydrogen) atoms. The molecular weight excluding hydrogens is 306 g/mol. The van der Waals surface area contributed by atoms with Gasteiger partial charge in [-0.2, -0.15) is 4.31 Å². The summed E-state index contributed by atoms with van der Waals surface area (Å²) in [7, 11) is -1.95. The highest BCUT2D eigenvalue weighted by molar-refractivity contribution is 7.88. The van der Waals surface area contributed by atoms with Crippen LogP contribution in [0, 0.1) is 5.92 Å². The van der Waals surface area contributed by atoms with E-state index in [0.717, 1.165) is 36.2 Å². The monoisotopic (exact) mass is 331 g/mol. The molecule has 0 spiro atoms. The van der Waals surface area contributed by atoms with Gasteiger partial charge in [0.05, 0.1) is 12.8 Å². The Morgan fingerprint density at radius 3 is 2.05 bits per heavy atom.